The maximum Gasteiger partial charge on any atom is 0.326 e. The first-order valence-electron chi connectivity index (χ1n) is 7.98. The third kappa shape index (κ3) is 4.24. The second kappa shape index (κ2) is 7.73. The molecule has 1 heterocycles. The van der Waals surface area contributed by atoms with Gasteiger partial charge in [0.2, 0.25) is 5.95 Å². The number of benzene rings is 2. The zero-order valence-electron chi connectivity index (χ0n) is 14.9. The van der Waals surface area contributed by atoms with Crippen molar-refractivity contribution in [3.05, 3.63) is 52.4 Å². The summed E-state index contributed by atoms with van der Waals surface area (Å²) >= 11 is 6.13. The molecule has 140 valence electrons. The van der Waals surface area contributed by atoms with Crippen molar-refractivity contribution in [2.75, 3.05) is 23.2 Å². The van der Waals surface area contributed by atoms with E-state index in [-0.39, 0.29) is 17.5 Å². The Hall–Kier alpha value is -2.97. The Morgan fingerprint density at radius 2 is 1.89 bits per heavy atom. The number of carbonyl (C=O) groups excluding carboxylic acids is 1. The third-order valence-corrected chi connectivity index (χ3v) is 4.22. The van der Waals surface area contributed by atoms with Crippen LogP contribution < -0.4 is 16.1 Å². The SMILES string of the molecule is CONc1nc(NC(=O)Nc2ccc3cc(Cl)c(C)cc3c2)nc(C)c1F. The number of halogens is 2. The number of urea groups is 1. The number of nitrogens with one attached hydrogen (secondary N) is 3. The van der Waals surface area contributed by atoms with Crippen LogP contribution in [0.4, 0.5) is 26.6 Å². The van der Waals surface area contributed by atoms with Crippen LogP contribution in [0.5, 0.6) is 0 Å². The van der Waals surface area contributed by atoms with Gasteiger partial charge in [0.25, 0.3) is 0 Å². The summed E-state index contributed by atoms with van der Waals surface area (Å²) < 4.78 is 13.9. The van der Waals surface area contributed by atoms with Crippen LogP contribution in [0.1, 0.15) is 11.3 Å². The standard InChI is InChI=1S/C18H17ClFN5O2/c1-9-6-12-7-13(5-4-11(12)8-14(9)19)22-18(26)24-17-21-10(2)15(20)16(23-17)25-27-3/h4-8H,1-3H3,(H3,21,22,23,24,25,26). The average molecular weight is 390 g/mol. The van der Waals surface area contributed by atoms with E-state index in [0.717, 1.165) is 16.3 Å². The number of hydrogen-bond donors (Lipinski definition) is 3. The molecule has 0 bridgehead atoms. The molecule has 0 fully saturated rings. The first-order valence-corrected chi connectivity index (χ1v) is 8.36. The topological polar surface area (TPSA) is 88.2 Å². The molecule has 1 aromatic heterocycles. The van der Waals surface area contributed by atoms with Gasteiger partial charge in [0, 0.05) is 10.7 Å². The normalized spacial score (nSPS) is 10.7. The molecule has 0 aliphatic carbocycles. The number of fused-ring (bicyclic) bond motifs is 1. The maximum absolute atomic E-state index is 13.9. The fourth-order valence-electron chi connectivity index (χ4n) is 2.50. The van der Waals surface area contributed by atoms with Gasteiger partial charge in [0.05, 0.1) is 12.8 Å². The molecule has 0 spiro atoms. The molecule has 2 aromatic carbocycles. The molecule has 3 rings (SSSR count). The predicted molar refractivity (Wildman–Crippen MR) is 104 cm³/mol. The summed E-state index contributed by atoms with van der Waals surface area (Å²) in [5.74, 6) is -0.890. The number of carbonyl (C=O) groups is 1. The van der Waals surface area contributed by atoms with Crippen molar-refractivity contribution in [2.24, 2.45) is 0 Å². The van der Waals surface area contributed by atoms with Crippen LogP contribution in [0.15, 0.2) is 30.3 Å². The van der Waals surface area contributed by atoms with Gasteiger partial charge in [-0.3, -0.25) is 10.2 Å². The number of aryl methyl sites for hydroxylation is 2. The Morgan fingerprint density at radius 1 is 1.11 bits per heavy atom. The van der Waals surface area contributed by atoms with Crippen molar-refractivity contribution >= 4 is 45.9 Å². The van der Waals surface area contributed by atoms with Gasteiger partial charge in [-0.25, -0.2) is 19.6 Å². The van der Waals surface area contributed by atoms with Crippen molar-refractivity contribution in [3.63, 3.8) is 0 Å². The van der Waals surface area contributed by atoms with Gasteiger partial charge >= 0.3 is 6.03 Å². The minimum absolute atomic E-state index is 0.0608. The van der Waals surface area contributed by atoms with Crippen LogP contribution in [0.25, 0.3) is 10.8 Å². The van der Waals surface area contributed by atoms with Crippen molar-refractivity contribution in [1.29, 1.82) is 0 Å². The zero-order chi connectivity index (χ0) is 19.6. The highest BCUT2D eigenvalue weighted by Gasteiger charge is 2.13. The predicted octanol–water partition coefficient (Wildman–Crippen LogP) is 4.66. The van der Waals surface area contributed by atoms with Crippen LogP contribution >= 0.6 is 11.6 Å². The molecule has 0 radical (unpaired) electrons. The second-order valence-corrected chi connectivity index (χ2v) is 6.25. The van der Waals surface area contributed by atoms with Crippen LogP contribution in [0, 0.1) is 19.7 Å². The molecule has 0 unspecified atom stereocenters. The summed E-state index contributed by atoms with van der Waals surface area (Å²) in [5.41, 5.74) is 3.89. The quantitative estimate of drug-likeness (QED) is 0.565. The Balaban J connectivity index is 1.78. The second-order valence-electron chi connectivity index (χ2n) is 5.84. The fourth-order valence-corrected chi connectivity index (χ4v) is 2.68. The molecule has 2 amide bonds. The summed E-state index contributed by atoms with van der Waals surface area (Å²) in [6, 6.07) is 8.69. The van der Waals surface area contributed by atoms with E-state index in [2.05, 4.69) is 30.9 Å². The molecule has 7 nitrogen and oxygen atoms in total. The highest BCUT2D eigenvalue weighted by Crippen LogP contribution is 2.26. The number of rotatable bonds is 4. The van der Waals surface area contributed by atoms with E-state index in [9.17, 15) is 9.18 Å². The van der Waals surface area contributed by atoms with Gasteiger partial charge in [-0.2, -0.15) is 4.98 Å². The van der Waals surface area contributed by atoms with E-state index in [1.165, 1.54) is 14.0 Å². The van der Waals surface area contributed by atoms with Gasteiger partial charge < -0.3 is 5.32 Å². The van der Waals surface area contributed by atoms with E-state index in [0.29, 0.717) is 10.7 Å². The van der Waals surface area contributed by atoms with Gasteiger partial charge in [0.1, 0.15) is 0 Å². The average Bonchev–Trinajstić information content (AvgIpc) is 2.60. The highest BCUT2D eigenvalue weighted by molar-refractivity contribution is 6.32. The van der Waals surface area contributed by atoms with Crippen LogP contribution in [-0.2, 0) is 4.84 Å². The minimum atomic E-state index is -0.661. The van der Waals surface area contributed by atoms with Crippen LogP contribution in [0.2, 0.25) is 5.02 Å². The minimum Gasteiger partial charge on any atom is -0.308 e. The lowest BCUT2D eigenvalue weighted by atomic mass is 10.1. The van der Waals surface area contributed by atoms with E-state index < -0.39 is 11.8 Å². The highest BCUT2D eigenvalue weighted by atomic mass is 35.5. The molecule has 27 heavy (non-hydrogen) atoms. The number of amides is 2. The fraction of sp³-hybridized carbons (Fsp3) is 0.167. The molecule has 0 atom stereocenters. The number of hydrogen-bond acceptors (Lipinski definition) is 5. The molecule has 9 heteroatoms. The summed E-state index contributed by atoms with van der Waals surface area (Å²) in [4.78, 5) is 24.7. The van der Waals surface area contributed by atoms with E-state index in [1.807, 2.05) is 31.2 Å². The maximum atomic E-state index is 13.9. The third-order valence-electron chi connectivity index (χ3n) is 3.82. The monoisotopic (exact) mass is 389 g/mol. The molecule has 0 aliphatic heterocycles. The number of aromatic nitrogens is 2. The lowest BCUT2D eigenvalue weighted by Crippen LogP contribution is -2.21. The van der Waals surface area contributed by atoms with Crippen molar-refractivity contribution in [3.8, 4) is 0 Å². The van der Waals surface area contributed by atoms with Gasteiger partial charge in [0.15, 0.2) is 11.6 Å². The summed E-state index contributed by atoms with van der Waals surface area (Å²) in [7, 11) is 1.32. The molecule has 3 N–H and O–H groups in total. The smallest absolute Gasteiger partial charge is 0.308 e. The van der Waals surface area contributed by atoms with E-state index >= 15 is 0 Å². The van der Waals surface area contributed by atoms with Crippen molar-refractivity contribution in [2.45, 2.75) is 13.8 Å². The van der Waals surface area contributed by atoms with E-state index in [1.54, 1.807) is 6.07 Å². The van der Waals surface area contributed by atoms with Gasteiger partial charge in [-0.1, -0.05) is 17.7 Å². The first kappa shape index (κ1) is 18.8. The zero-order valence-corrected chi connectivity index (χ0v) is 15.6. The van der Waals surface area contributed by atoms with Crippen molar-refractivity contribution < 1.29 is 14.0 Å². The summed E-state index contributed by atoms with van der Waals surface area (Å²) in [5, 5.41) is 7.75. The largest absolute Gasteiger partial charge is 0.326 e. The first-order chi connectivity index (χ1) is 12.9. The molecule has 0 aliphatic rings. The summed E-state index contributed by atoms with van der Waals surface area (Å²) in [6.07, 6.45) is 0. The van der Waals surface area contributed by atoms with Crippen LogP contribution in [-0.4, -0.2) is 23.1 Å². The van der Waals surface area contributed by atoms with Gasteiger partial charge in [-0.05, 0) is 54.4 Å². The number of anilines is 3. The summed E-state index contributed by atoms with van der Waals surface area (Å²) in [6.45, 7) is 3.37. The van der Waals surface area contributed by atoms with Crippen molar-refractivity contribution in [1.82, 2.24) is 9.97 Å². The van der Waals surface area contributed by atoms with Gasteiger partial charge in [-0.15, -0.1) is 0 Å². The van der Waals surface area contributed by atoms with Crippen LogP contribution in [0.3, 0.4) is 0 Å². The van der Waals surface area contributed by atoms with E-state index in [4.69, 9.17) is 11.6 Å². The Morgan fingerprint density at radius 3 is 2.63 bits per heavy atom. The molecular weight excluding hydrogens is 373 g/mol. The Kier molecular flexibility index (Phi) is 5.38. The Bertz CT molecular complexity index is 1030. The lowest BCUT2D eigenvalue weighted by molar-refractivity contribution is 0.261. The molecule has 0 saturated carbocycles. The lowest BCUT2D eigenvalue weighted by Gasteiger charge is -2.11. The molecule has 3 aromatic rings. The Labute approximate surface area is 159 Å². The number of nitrogens with zero attached hydrogens (tertiary/aromatic N) is 2. The molecular formula is C18H17ClFN5O2. The molecule has 0 saturated heterocycles.